The zero-order chi connectivity index (χ0) is 37.8. The van der Waals surface area contributed by atoms with Gasteiger partial charge in [0.25, 0.3) is 0 Å². The van der Waals surface area contributed by atoms with Crippen LogP contribution in [0.5, 0.6) is 5.75 Å². The van der Waals surface area contributed by atoms with Gasteiger partial charge in [0.1, 0.15) is 11.8 Å². The lowest BCUT2D eigenvalue weighted by Gasteiger charge is -2.35. The van der Waals surface area contributed by atoms with E-state index in [1.165, 1.54) is 33.4 Å². The molecule has 0 amide bonds. The van der Waals surface area contributed by atoms with Crippen molar-refractivity contribution in [3.63, 3.8) is 0 Å². The van der Waals surface area contributed by atoms with Crippen molar-refractivity contribution in [2.24, 2.45) is 4.99 Å². The number of benzene rings is 6. The van der Waals surface area contributed by atoms with Gasteiger partial charge in [-0.3, -0.25) is 4.99 Å². The molecule has 4 heteroatoms. The van der Waals surface area contributed by atoms with Crippen LogP contribution < -0.4 is 4.74 Å². The van der Waals surface area contributed by atoms with Gasteiger partial charge in [-0.2, -0.15) is 0 Å². The number of ether oxygens (including phenoxy) is 1. The summed E-state index contributed by atoms with van der Waals surface area (Å²) in [7, 11) is 0. The Bertz CT molecular complexity index is 2710. The molecule has 2 heterocycles. The molecule has 0 bridgehead atoms. The molecule has 7 aromatic rings. The summed E-state index contributed by atoms with van der Waals surface area (Å²) >= 11 is 0. The van der Waals surface area contributed by atoms with E-state index in [0.717, 1.165) is 62.8 Å². The van der Waals surface area contributed by atoms with E-state index in [9.17, 15) is 0 Å². The maximum atomic E-state index is 6.49. The highest BCUT2D eigenvalue weighted by Gasteiger charge is 2.48. The van der Waals surface area contributed by atoms with Crippen LogP contribution in [0.2, 0.25) is 0 Å². The van der Waals surface area contributed by atoms with E-state index >= 15 is 0 Å². The first-order valence-corrected chi connectivity index (χ1v) is 19.6. The zero-order valence-electron chi connectivity index (χ0n) is 31.8. The summed E-state index contributed by atoms with van der Waals surface area (Å²) in [4.78, 5) is 16.1. The first-order valence-electron chi connectivity index (χ1n) is 19.6. The van der Waals surface area contributed by atoms with Crippen LogP contribution in [0.3, 0.4) is 0 Å². The number of aliphatic imine (C=N–C) groups is 1. The average molecular weight is 724 g/mol. The molecule has 0 saturated heterocycles. The maximum Gasteiger partial charge on any atom is 0.168 e. The Labute approximate surface area is 328 Å². The lowest BCUT2D eigenvalue weighted by atomic mass is 9.67. The molecule has 1 aromatic heterocycles. The van der Waals surface area contributed by atoms with Crippen LogP contribution >= 0.6 is 0 Å². The molecule has 0 saturated carbocycles. The fraction of sp³-hybridized carbons (Fsp3) is 0.135. The Hall–Kier alpha value is -6.65. The highest BCUT2D eigenvalue weighted by molar-refractivity contribution is 6.09. The minimum atomic E-state index is -0.525. The molecule has 2 atom stereocenters. The molecular weight excluding hydrogens is 683 g/mol. The number of rotatable bonds is 7. The van der Waals surface area contributed by atoms with Gasteiger partial charge in [-0.25, -0.2) is 9.97 Å². The van der Waals surface area contributed by atoms with E-state index in [2.05, 4.69) is 166 Å². The molecule has 270 valence electrons. The Morgan fingerprint density at radius 1 is 0.607 bits per heavy atom. The topological polar surface area (TPSA) is 47.4 Å². The number of allylic oxidation sites excluding steroid dienone is 2. The molecule has 0 spiro atoms. The molecule has 0 fully saturated rings. The minimum Gasteiger partial charge on any atom is -0.481 e. The molecule has 1 aliphatic heterocycles. The van der Waals surface area contributed by atoms with E-state index in [1.54, 1.807) is 0 Å². The van der Waals surface area contributed by atoms with Crippen molar-refractivity contribution < 1.29 is 4.74 Å². The molecular formula is C52H41N3O. The molecule has 3 aliphatic rings. The molecule has 10 rings (SSSR count). The van der Waals surface area contributed by atoms with E-state index in [4.69, 9.17) is 19.7 Å². The predicted molar refractivity (Wildman–Crippen MR) is 229 cm³/mol. The number of aromatic nitrogens is 2. The van der Waals surface area contributed by atoms with Crippen LogP contribution in [-0.2, 0) is 5.41 Å². The highest BCUT2D eigenvalue weighted by atomic mass is 16.5. The first kappa shape index (κ1) is 33.9. The Balaban J connectivity index is 1.10. The van der Waals surface area contributed by atoms with Gasteiger partial charge < -0.3 is 4.74 Å². The Morgan fingerprint density at radius 2 is 1.25 bits per heavy atom. The van der Waals surface area contributed by atoms with Crippen molar-refractivity contribution in [3.05, 3.63) is 203 Å². The lowest BCUT2D eigenvalue weighted by molar-refractivity contribution is 0.269. The Morgan fingerprint density at radius 3 is 2.00 bits per heavy atom. The summed E-state index contributed by atoms with van der Waals surface area (Å²) in [5.74, 6) is 1.51. The monoisotopic (exact) mass is 723 g/mol. The second-order valence-electron chi connectivity index (χ2n) is 15.0. The Kier molecular flexibility index (Phi) is 8.22. The summed E-state index contributed by atoms with van der Waals surface area (Å²) in [6, 6.07) is 52.1. The lowest BCUT2D eigenvalue weighted by Crippen LogP contribution is -2.37. The fourth-order valence-corrected chi connectivity index (χ4v) is 9.12. The first-order chi connectivity index (χ1) is 27.5. The fourth-order valence-electron chi connectivity index (χ4n) is 9.12. The number of hydrogen-bond donors (Lipinski definition) is 0. The molecule has 2 aliphatic carbocycles. The van der Waals surface area contributed by atoms with Crippen LogP contribution in [0.25, 0.3) is 44.9 Å². The van der Waals surface area contributed by atoms with E-state index in [1.807, 2.05) is 24.3 Å². The van der Waals surface area contributed by atoms with Gasteiger partial charge in [0.2, 0.25) is 0 Å². The van der Waals surface area contributed by atoms with Crippen molar-refractivity contribution in [2.45, 2.75) is 44.6 Å². The largest absolute Gasteiger partial charge is 0.481 e. The third-order valence-electron chi connectivity index (χ3n) is 11.8. The summed E-state index contributed by atoms with van der Waals surface area (Å²) in [5, 5.41) is 0. The van der Waals surface area contributed by atoms with Crippen molar-refractivity contribution in [2.75, 3.05) is 0 Å². The predicted octanol–water partition coefficient (Wildman–Crippen LogP) is 12.6. The minimum absolute atomic E-state index is 0.0504. The molecule has 4 nitrogen and oxygen atoms in total. The van der Waals surface area contributed by atoms with Gasteiger partial charge in [0.15, 0.2) is 11.6 Å². The molecule has 0 N–H and O–H groups in total. The molecule has 6 aromatic carbocycles. The number of hydrogen-bond acceptors (Lipinski definition) is 4. The third-order valence-corrected chi connectivity index (χ3v) is 11.8. The summed E-state index contributed by atoms with van der Waals surface area (Å²) in [6.07, 6.45) is 9.12. The number of fused-ring (bicyclic) bond motifs is 6. The zero-order valence-corrected chi connectivity index (χ0v) is 31.8. The quantitative estimate of drug-likeness (QED) is 0.154. The standard InChI is InChI=1S/C52H41N3O/c1-4-47(52(42-25-12-8-17-33(42)2)43-26-13-9-22-39(43)40-23-10-14-27-44(40)52)53-45-32-37(30-29-34(45)3)36-20-16-21-38(31-36)51-54-48(35-18-6-5-7-19-35)50-49(55-51)41-24-11-15-28-46(41)56-50/h5-32,41,46H,4H2,1-3H3. The molecule has 56 heavy (non-hydrogen) atoms. The summed E-state index contributed by atoms with van der Waals surface area (Å²) < 4.78 is 6.49. The van der Waals surface area contributed by atoms with Gasteiger partial charge in [-0.15, -0.1) is 0 Å². The summed E-state index contributed by atoms with van der Waals surface area (Å²) in [6.45, 7) is 6.64. The van der Waals surface area contributed by atoms with Gasteiger partial charge >= 0.3 is 0 Å². The highest BCUT2D eigenvalue weighted by Crippen LogP contribution is 2.55. The van der Waals surface area contributed by atoms with Crippen molar-refractivity contribution in [3.8, 4) is 50.6 Å². The van der Waals surface area contributed by atoms with Gasteiger partial charge in [-0.1, -0.05) is 159 Å². The van der Waals surface area contributed by atoms with Crippen molar-refractivity contribution in [1.82, 2.24) is 9.97 Å². The second-order valence-corrected chi connectivity index (χ2v) is 15.0. The van der Waals surface area contributed by atoms with Gasteiger partial charge in [-0.05, 0) is 88.5 Å². The maximum absolute atomic E-state index is 6.49. The SMILES string of the molecule is CCC(=Nc1cc(-c2cccc(-c3nc(-c4ccccc4)c4c(n3)C3C=CC=CC3O4)c2)ccc1C)C1(c2ccccc2C)c2ccccc2-c2ccccc21. The van der Waals surface area contributed by atoms with Crippen molar-refractivity contribution >= 4 is 11.4 Å². The van der Waals surface area contributed by atoms with Crippen molar-refractivity contribution in [1.29, 1.82) is 0 Å². The number of nitrogens with zero attached hydrogens (tertiary/aromatic N) is 3. The van der Waals surface area contributed by atoms with Crippen LogP contribution in [0, 0.1) is 13.8 Å². The molecule has 2 unspecified atom stereocenters. The molecule has 0 radical (unpaired) electrons. The number of aryl methyl sites for hydroxylation is 2. The van der Waals surface area contributed by atoms with Gasteiger partial charge in [0.05, 0.1) is 22.7 Å². The normalized spacial score (nSPS) is 17.2. The van der Waals surface area contributed by atoms with E-state index in [-0.39, 0.29) is 12.0 Å². The van der Waals surface area contributed by atoms with Crippen LogP contribution in [0.4, 0.5) is 5.69 Å². The third kappa shape index (κ3) is 5.31. The second kappa shape index (κ2) is 13.6. The van der Waals surface area contributed by atoms with E-state index in [0.29, 0.717) is 5.82 Å². The van der Waals surface area contributed by atoms with Crippen LogP contribution in [-0.4, -0.2) is 21.8 Å². The van der Waals surface area contributed by atoms with Crippen LogP contribution in [0.15, 0.2) is 175 Å². The summed E-state index contributed by atoms with van der Waals surface area (Å²) in [5.41, 5.74) is 16.3. The smallest absolute Gasteiger partial charge is 0.168 e. The van der Waals surface area contributed by atoms with Crippen LogP contribution in [0.1, 0.15) is 52.8 Å². The average Bonchev–Trinajstić information content (AvgIpc) is 3.78. The van der Waals surface area contributed by atoms with Gasteiger partial charge in [0, 0.05) is 16.8 Å². The van der Waals surface area contributed by atoms with E-state index < -0.39 is 5.41 Å².